The van der Waals surface area contributed by atoms with Crippen LogP contribution >= 0.6 is 11.6 Å². The van der Waals surface area contributed by atoms with Crippen molar-refractivity contribution in [1.29, 1.82) is 0 Å². The molecule has 2 nitrogen and oxygen atoms in total. The van der Waals surface area contributed by atoms with Gasteiger partial charge in [0.15, 0.2) is 0 Å². The molecule has 0 saturated carbocycles. The van der Waals surface area contributed by atoms with Crippen LogP contribution in [0.2, 0.25) is 5.15 Å². The van der Waals surface area contributed by atoms with Crippen molar-refractivity contribution in [3.8, 4) is 0 Å². The first-order valence-electron chi connectivity index (χ1n) is 3.84. The summed E-state index contributed by atoms with van der Waals surface area (Å²) in [5, 5.41) is 1.48. The molecule has 2 aromatic rings. The zero-order chi connectivity index (χ0) is 9.26. The van der Waals surface area contributed by atoms with Crippen LogP contribution in [0.15, 0.2) is 31.0 Å². The molecule has 0 aliphatic heterocycles. The number of halogens is 1. The van der Waals surface area contributed by atoms with Crippen LogP contribution < -0.4 is 0 Å². The van der Waals surface area contributed by atoms with Crippen molar-refractivity contribution < 1.29 is 0 Å². The first-order valence-corrected chi connectivity index (χ1v) is 4.22. The minimum absolute atomic E-state index is 0.494. The van der Waals surface area contributed by atoms with Crippen LogP contribution in [0.25, 0.3) is 17.0 Å². The van der Waals surface area contributed by atoms with E-state index in [4.69, 9.17) is 11.6 Å². The molecule has 2 heterocycles. The molecule has 0 spiro atoms. The van der Waals surface area contributed by atoms with Gasteiger partial charge < -0.3 is 0 Å². The number of rotatable bonds is 1. The number of aromatic nitrogens is 2. The van der Waals surface area contributed by atoms with Gasteiger partial charge >= 0.3 is 0 Å². The molecule has 0 N–H and O–H groups in total. The van der Waals surface area contributed by atoms with E-state index in [9.17, 15) is 0 Å². The summed E-state index contributed by atoms with van der Waals surface area (Å²) in [6.45, 7) is 3.64. The molecule has 13 heavy (non-hydrogen) atoms. The van der Waals surface area contributed by atoms with Crippen molar-refractivity contribution in [3.05, 3.63) is 41.8 Å². The van der Waals surface area contributed by atoms with Gasteiger partial charge in [-0.3, -0.25) is 4.98 Å². The van der Waals surface area contributed by atoms with Gasteiger partial charge in [0.1, 0.15) is 5.15 Å². The summed E-state index contributed by atoms with van der Waals surface area (Å²) in [6, 6.07) is 5.50. The van der Waals surface area contributed by atoms with Crippen LogP contribution in [0.1, 0.15) is 5.69 Å². The minimum Gasteiger partial charge on any atom is -0.256 e. The maximum Gasteiger partial charge on any atom is 0.129 e. The van der Waals surface area contributed by atoms with Crippen LogP contribution in [0, 0.1) is 0 Å². The largest absolute Gasteiger partial charge is 0.256 e. The van der Waals surface area contributed by atoms with Crippen LogP contribution in [0.4, 0.5) is 0 Å². The smallest absolute Gasteiger partial charge is 0.129 e. The van der Waals surface area contributed by atoms with Crippen LogP contribution in [-0.4, -0.2) is 9.97 Å². The standard InChI is InChI=1S/C10H7ClN2/c1-2-8-5-9-7(6-12-8)3-4-10(11)13-9/h2-6H,1H2. The van der Waals surface area contributed by atoms with E-state index in [1.165, 1.54) is 0 Å². The van der Waals surface area contributed by atoms with Gasteiger partial charge in [0.05, 0.1) is 11.2 Å². The molecule has 0 aliphatic rings. The van der Waals surface area contributed by atoms with Crippen molar-refractivity contribution in [3.63, 3.8) is 0 Å². The Morgan fingerprint density at radius 1 is 1.38 bits per heavy atom. The molecule has 0 aliphatic carbocycles. The van der Waals surface area contributed by atoms with E-state index in [-0.39, 0.29) is 0 Å². The highest BCUT2D eigenvalue weighted by molar-refractivity contribution is 6.29. The number of nitrogens with zero attached hydrogens (tertiary/aromatic N) is 2. The Hall–Kier alpha value is -1.41. The number of hydrogen-bond donors (Lipinski definition) is 0. The number of pyridine rings is 2. The molecule has 0 amide bonds. The topological polar surface area (TPSA) is 25.8 Å². The van der Waals surface area contributed by atoms with Gasteiger partial charge in [0.25, 0.3) is 0 Å². The average Bonchev–Trinajstić information content (AvgIpc) is 2.16. The van der Waals surface area contributed by atoms with Crippen molar-refractivity contribution >= 4 is 28.6 Å². The Balaban J connectivity index is 2.74. The van der Waals surface area contributed by atoms with Crippen LogP contribution in [0.5, 0.6) is 0 Å². The van der Waals surface area contributed by atoms with Crippen LogP contribution in [0.3, 0.4) is 0 Å². The van der Waals surface area contributed by atoms with E-state index >= 15 is 0 Å². The molecule has 0 unspecified atom stereocenters. The van der Waals surface area contributed by atoms with Crippen molar-refractivity contribution in [2.24, 2.45) is 0 Å². The van der Waals surface area contributed by atoms with Crippen LogP contribution in [-0.2, 0) is 0 Å². The van der Waals surface area contributed by atoms with Crippen molar-refractivity contribution in [2.45, 2.75) is 0 Å². The summed E-state index contributed by atoms with van der Waals surface area (Å²) in [5.41, 5.74) is 1.65. The second-order valence-electron chi connectivity index (χ2n) is 2.64. The summed E-state index contributed by atoms with van der Waals surface area (Å²) in [6.07, 6.45) is 3.44. The van der Waals surface area contributed by atoms with E-state index in [0.717, 1.165) is 16.6 Å². The molecule has 0 bridgehead atoms. The third kappa shape index (κ3) is 1.53. The summed E-state index contributed by atoms with van der Waals surface area (Å²) in [5.74, 6) is 0. The quantitative estimate of drug-likeness (QED) is 0.647. The van der Waals surface area contributed by atoms with Gasteiger partial charge in [0.2, 0.25) is 0 Å². The molecule has 0 radical (unpaired) electrons. The summed E-state index contributed by atoms with van der Waals surface area (Å²) in [7, 11) is 0. The van der Waals surface area contributed by atoms with Gasteiger partial charge in [-0.25, -0.2) is 4.98 Å². The number of fused-ring (bicyclic) bond motifs is 1. The van der Waals surface area contributed by atoms with E-state index in [2.05, 4.69) is 16.5 Å². The zero-order valence-corrected chi connectivity index (χ0v) is 7.62. The molecule has 0 saturated heterocycles. The van der Waals surface area contributed by atoms with Gasteiger partial charge in [-0.05, 0) is 24.3 Å². The van der Waals surface area contributed by atoms with Gasteiger partial charge in [0, 0.05) is 11.6 Å². The first-order chi connectivity index (χ1) is 6.29. The molecular formula is C10H7ClN2. The van der Waals surface area contributed by atoms with Gasteiger partial charge in [-0.15, -0.1) is 0 Å². The molecule has 0 aromatic carbocycles. The highest BCUT2D eigenvalue weighted by atomic mass is 35.5. The monoisotopic (exact) mass is 190 g/mol. The fraction of sp³-hybridized carbons (Fsp3) is 0. The Kier molecular flexibility index (Phi) is 1.99. The molecule has 0 atom stereocenters. The lowest BCUT2D eigenvalue weighted by molar-refractivity contribution is 1.30. The van der Waals surface area contributed by atoms with E-state index in [1.807, 2.05) is 12.1 Å². The maximum absolute atomic E-state index is 5.76. The molecule has 64 valence electrons. The molecular weight excluding hydrogens is 184 g/mol. The van der Waals surface area contributed by atoms with Gasteiger partial charge in [-0.2, -0.15) is 0 Å². The van der Waals surface area contributed by atoms with E-state index in [0.29, 0.717) is 5.15 Å². The average molecular weight is 191 g/mol. The predicted molar refractivity (Wildman–Crippen MR) is 54.6 cm³/mol. The van der Waals surface area contributed by atoms with Crippen molar-refractivity contribution in [1.82, 2.24) is 9.97 Å². The van der Waals surface area contributed by atoms with E-state index in [1.54, 1.807) is 18.3 Å². The lowest BCUT2D eigenvalue weighted by Crippen LogP contribution is -1.84. The normalized spacial score (nSPS) is 10.2. The number of hydrogen-bond acceptors (Lipinski definition) is 2. The molecule has 0 fully saturated rings. The summed E-state index contributed by atoms with van der Waals surface area (Å²) in [4.78, 5) is 8.32. The Labute approximate surface area is 80.9 Å². The maximum atomic E-state index is 5.76. The minimum atomic E-state index is 0.494. The van der Waals surface area contributed by atoms with Crippen molar-refractivity contribution in [2.75, 3.05) is 0 Å². The Morgan fingerprint density at radius 3 is 3.00 bits per heavy atom. The lowest BCUT2D eigenvalue weighted by atomic mass is 10.2. The fourth-order valence-corrected chi connectivity index (χ4v) is 1.27. The Bertz CT molecular complexity index is 465. The second kappa shape index (κ2) is 3.15. The first kappa shape index (κ1) is 8.20. The third-order valence-corrected chi connectivity index (χ3v) is 1.98. The Morgan fingerprint density at radius 2 is 2.23 bits per heavy atom. The molecule has 2 aromatic heterocycles. The summed E-state index contributed by atoms with van der Waals surface area (Å²) < 4.78 is 0. The second-order valence-corrected chi connectivity index (χ2v) is 3.03. The zero-order valence-electron chi connectivity index (χ0n) is 6.87. The molecule has 3 heteroatoms. The fourth-order valence-electron chi connectivity index (χ4n) is 1.12. The summed E-state index contributed by atoms with van der Waals surface area (Å²) >= 11 is 5.76. The van der Waals surface area contributed by atoms with Gasteiger partial charge in [-0.1, -0.05) is 18.2 Å². The predicted octanol–water partition coefficient (Wildman–Crippen LogP) is 2.93. The van der Waals surface area contributed by atoms with E-state index < -0.39 is 0 Å². The lowest BCUT2D eigenvalue weighted by Gasteiger charge is -1.97. The SMILES string of the molecule is C=Cc1cc2nc(Cl)ccc2cn1. The highest BCUT2D eigenvalue weighted by Gasteiger charge is 1.97. The highest BCUT2D eigenvalue weighted by Crippen LogP contribution is 2.15. The third-order valence-electron chi connectivity index (χ3n) is 1.77. The molecule has 2 rings (SSSR count).